The molecule has 0 spiro atoms. The number of amides is 4. The predicted molar refractivity (Wildman–Crippen MR) is 203 cm³/mol. The van der Waals surface area contributed by atoms with Gasteiger partial charge in [0.05, 0.1) is 42.3 Å². The van der Waals surface area contributed by atoms with E-state index in [4.69, 9.17) is 20.3 Å². The third-order valence-corrected chi connectivity index (χ3v) is 14.3. The summed E-state index contributed by atoms with van der Waals surface area (Å²) in [5.41, 5.74) is 5.56. The number of aromatic amines is 1. The average Bonchev–Trinajstić information content (AvgIpc) is 3.88. The normalized spacial score (nSPS) is 23.8. The minimum absolute atomic E-state index is 0.00361. The lowest BCUT2D eigenvalue weighted by Gasteiger charge is -2.19. The lowest BCUT2D eigenvalue weighted by atomic mass is 10.0. The molecule has 0 saturated carbocycles. The van der Waals surface area contributed by atoms with Gasteiger partial charge >= 0.3 is 29.5 Å². The summed E-state index contributed by atoms with van der Waals surface area (Å²) in [6, 6.07) is 0.255. The van der Waals surface area contributed by atoms with E-state index in [1.165, 1.54) is 10.8 Å². The number of urea groups is 1. The smallest absolute Gasteiger partial charge is 0.369 e. The van der Waals surface area contributed by atoms with Gasteiger partial charge in [-0.15, -0.1) is 0 Å². The summed E-state index contributed by atoms with van der Waals surface area (Å²) in [5, 5.41) is 12.0. The fourth-order valence-electron chi connectivity index (χ4n) is 6.53. The van der Waals surface area contributed by atoms with Crippen LogP contribution in [0.3, 0.4) is 0 Å². The number of nitrogens with two attached hydrogens (primary N) is 1. The van der Waals surface area contributed by atoms with Gasteiger partial charge in [-0.2, -0.15) is 25.4 Å². The van der Waals surface area contributed by atoms with E-state index in [0.717, 1.165) is 37.9 Å². The van der Waals surface area contributed by atoms with Crippen molar-refractivity contribution in [3.63, 3.8) is 0 Å². The highest BCUT2D eigenvalue weighted by Crippen LogP contribution is 2.66. The molecule has 23 nitrogen and oxygen atoms in total. The van der Waals surface area contributed by atoms with Crippen molar-refractivity contribution in [1.82, 2.24) is 35.8 Å². The first kappa shape index (κ1) is 44.8. The molecule has 0 aromatic carbocycles. The van der Waals surface area contributed by atoms with Crippen LogP contribution in [0, 0.1) is 11.8 Å². The molecule has 4 amide bonds. The number of phosphoric ester groups is 1. The Morgan fingerprint density at radius 3 is 2.49 bits per heavy atom. The maximum Gasteiger partial charge on any atom is 0.490 e. The third-order valence-electron chi connectivity index (χ3n) is 9.02. The molecule has 2 aromatic rings. The van der Waals surface area contributed by atoms with E-state index in [9.17, 15) is 42.7 Å². The molecule has 0 radical (unpaired) electrons. The van der Waals surface area contributed by atoms with Gasteiger partial charge in [0, 0.05) is 36.6 Å². The Labute approximate surface area is 329 Å². The molecular formula is C30H45N8O15P3S. The minimum atomic E-state index is -5.68. The van der Waals surface area contributed by atoms with Gasteiger partial charge in [-0.25, -0.2) is 18.5 Å². The second-order valence-corrected chi connectivity index (χ2v) is 19.1. The zero-order valence-corrected chi connectivity index (χ0v) is 33.9. The van der Waals surface area contributed by atoms with Crippen LogP contribution in [0.25, 0.3) is 11.0 Å². The van der Waals surface area contributed by atoms with E-state index in [1.54, 1.807) is 0 Å². The number of fused-ring (bicyclic) bond motifs is 2. The topological polar surface area (TPSA) is 345 Å². The Hall–Kier alpha value is -3.29. The number of nitrogens with zero attached hydrogens (tertiary/aromatic N) is 2. The summed E-state index contributed by atoms with van der Waals surface area (Å²) < 4.78 is 53.9. The summed E-state index contributed by atoms with van der Waals surface area (Å²) in [4.78, 5) is 92.0. The first-order valence-electron chi connectivity index (χ1n) is 17.9. The highest BCUT2D eigenvalue weighted by molar-refractivity contribution is 8.00. The van der Waals surface area contributed by atoms with Crippen LogP contribution in [0.5, 0.6) is 0 Å². The van der Waals surface area contributed by atoms with Crippen molar-refractivity contribution in [1.29, 1.82) is 0 Å². The van der Waals surface area contributed by atoms with Crippen LogP contribution in [0.4, 0.5) is 10.7 Å². The van der Waals surface area contributed by atoms with Crippen LogP contribution in [-0.2, 0) is 41.2 Å². The van der Waals surface area contributed by atoms with Crippen molar-refractivity contribution >= 4 is 70.1 Å². The molecule has 7 atom stereocenters. The largest absolute Gasteiger partial charge is 0.490 e. The summed E-state index contributed by atoms with van der Waals surface area (Å²) in [6.45, 7) is -0.146. The number of hydrogen-bond donors (Lipinski definition) is 10. The number of carbonyl (C=O) groups is 3. The molecule has 0 bridgehead atoms. The monoisotopic (exact) mass is 882 g/mol. The number of H-pyrrole nitrogens is 1. The van der Waals surface area contributed by atoms with Crippen molar-refractivity contribution in [3.8, 4) is 11.8 Å². The number of nitrogen functional groups attached to an aromatic ring is 1. The van der Waals surface area contributed by atoms with E-state index >= 15 is 0 Å². The van der Waals surface area contributed by atoms with Gasteiger partial charge < -0.3 is 55.9 Å². The van der Waals surface area contributed by atoms with Crippen LogP contribution in [0.2, 0.25) is 0 Å². The van der Waals surface area contributed by atoms with Gasteiger partial charge in [-0.05, 0) is 38.5 Å². The summed E-state index contributed by atoms with van der Waals surface area (Å²) in [7, 11) is -16.6. The lowest BCUT2D eigenvalue weighted by molar-refractivity contribution is -0.122. The van der Waals surface area contributed by atoms with Crippen molar-refractivity contribution < 1.29 is 65.5 Å². The Morgan fingerprint density at radius 2 is 1.74 bits per heavy atom. The van der Waals surface area contributed by atoms with Crippen LogP contribution in [-0.4, -0.2) is 101 Å². The van der Waals surface area contributed by atoms with Gasteiger partial charge in [-0.3, -0.25) is 23.9 Å². The molecule has 3 saturated heterocycles. The number of carbonyl (C=O) groups excluding carboxylic acids is 3. The third kappa shape index (κ3) is 13.6. The van der Waals surface area contributed by atoms with Crippen molar-refractivity contribution in [2.75, 3.05) is 31.2 Å². The number of ether oxygens (including phenoxy) is 1. The molecule has 3 aliphatic heterocycles. The standard InChI is InChI=1S/C30H45N8O15P3S/c31-29-36-27-25(28(41)37-29)18(15-38(27)24-12-11-19(51-24)16-50-55(46,47)53-56(48,49)52-54(43,44)45)7-6-14-33-22(39)9-2-1-5-13-32-23(40)10-4-3-8-21-26-20(17-57-21)34-30(42)35-26/h15,19-21,24,26H,1-5,8-14,16-17H2,(H,32,40)(H,33,39)(H,46,47)(H,48,49)(H2,34,35,42)(H2,43,44,45)(H3,31,36,37,41)/t19-,20-,21-,24+,26-/m0/s1. The SMILES string of the molecule is Nc1nc2c(c(C#CCNC(=O)CCCCCNC(=O)CCCC[C@@H]3SC[C@@H]4NC(=O)N[C@@H]43)cn2[C@H]2CC[C@@H](COP(=O)(O)OP(=O)(O)OP(=O)(O)O)O2)c(=O)[nH]1. The van der Waals surface area contributed by atoms with Crippen molar-refractivity contribution in [2.45, 2.75) is 93.9 Å². The fraction of sp³-hybridized carbons (Fsp3) is 0.633. The number of phosphoric acid groups is 3. The van der Waals surface area contributed by atoms with Gasteiger partial charge in [0.2, 0.25) is 17.8 Å². The van der Waals surface area contributed by atoms with Gasteiger partial charge in [-0.1, -0.05) is 24.7 Å². The highest BCUT2D eigenvalue weighted by atomic mass is 32.2. The van der Waals surface area contributed by atoms with E-state index in [1.807, 2.05) is 11.8 Å². The number of anilines is 1. The number of aromatic nitrogens is 3. The first-order chi connectivity index (χ1) is 26.9. The maximum absolute atomic E-state index is 12.8. The number of thioether (sulfide) groups is 1. The zero-order chi connectivity index (χ0) is 41.4. The van der Waals surface area contributed by atoms with Crippen LogP contribution < -0.4 is 32.6 Å². The van der Waals surface area contributed by atoms with Gasteiger partial charge in [0.15, 0.2) is 5.65 Å². The summed E-state index contributed by atoms with van der Waals surface area (Å²) in [5.74, 6) is 6.16. The van der Waals surface area contributed by atoms with Crippen LogP contribution >= 0.6 is 35.2 Å². The molecule has 2 aromatic heterocycles. The molecule has 11 N–H and O–H groups in total. The summed E-state index contributed by atoms with van der Waals surface area (Å²) >= 11 is 1.86. The van der Waals surface area contributed by atoms with Crippen molar-refractivity contribution in [3.05, 3.63) is 22.1 Å². The molecule has 3 aliphatic rings. The number of nitrogens with one attached hydrogen (secondary N) is 5. The van der Waals surface area contributed by atoms with Crippen molar-refractivity contribution in [2.24, 2.45) is 0 Å². The highest BCUT2D eigenvalue weighted by Gasteiger charge is 2.43. The second kappa shape index (κ2) is 19.6. The molecule has 27 heteroatoms. The average molecular weight is 883 g/mol. The molecule has 316 valence electrons. The Bertz CT molecular complexity index is 2070. The lowest BCUT2D eigenvalue weighted by Crippen LogP contribution is -2.36. The van der Waals surface area contributed by atoms with E-state index < -0.39 is 48.0 Å². The fourth-order valence-corrected chi connectivity index (χ4v) is 11.1. The maximum atomic E-state index is 12.8. The number of unbranched alkanes of at least 4 members (excludes halogenated alkanes) is 3. The molecule has 5 heterocycles. The molecule has 3 fully saturated rings. The molecule has 5 rings (SSSR count). The Morgan fingerprint density at radius 1 is 1.00 bits per heavy atom. The molecular weight excluding hydrogens is 837 g/mol. The first-order valence-corrected chi connectivity index (χ1v) is 23.5. The van der Waals surface area contributed by atoms with Gasteiger partial charge in [0.25, 0.3) is 5.56 Å². The Kier molecular flexibility index (Phi) is 15.4. The second-order valence-electron chi connectivity index (χ2n) is 13.4. The van der Waals surface area contributed by atoms with E-state index in [-0.39, 0.29) is 78.3 Å². The van der Waals surface area contributed by atoms with E-state index in [0.29, 0.717) is 24.6 Å². The predicted octanol–water partition coefficient (Wildman–Crippen LogP) is 1.20. The Balaban J connectivity index is 1.00. The van der Waals surface area contributed by atoms with Gasteiger partial charge in [0.1, 0.15) is 6.23 Å². The number of hydrogen-bond acceptors (Lipinski definition) is 14. The van der Waals surface area contributed by atoms with E-state index in [2.05, 4.69) is 56.2 Å². The number of rotatable bonds is 20. The van der Waals surface area contributed by atoms with Crippen LogP contribution in [0.15, 0.2) is 11.0 Å². The minimum Gasteiger partial charge on any atom is -0.369 e. The quantitative estimate of drug-likeness (QED) is 0.0386. The summed E-state index contributed by atoms with van der Waals surface area (Å²) in [6.07, 6.45) is 5.75. The molecule has 0 aliphatic carbocycles. The molecule has 57 heavy (non-hydrogen) atoms. The van der Waals surface area contributed by atoms with Crippen LogP contribution in [0.1, 0.15) is 76.0 Å². The zero-order valence-electron chi connectivity index (χ0n) is 30.4. The molecule has 2 unspecified atom stereocenters.